The fraction of sp³-hybridized carbons (Fsp3) is 0.286. The van der Waals surface area contributed by atoms with Gasteiger partial charge in [0.25, 0.3) is 0 Å². The largest absolute Gasteiger partial charge is 0.490 e. The molecule has 10 nitrogen and oxygen atoms in total. The Balaban J connectivity index is 1.50. The number of esters is 1. The third-order valence-corrected chi connectivity index (χ3v) is 5.23. The molecule has 10 heteroatoms. The van der Waals surface area contributed by atoms with Crippen LogP contribution in [0.25, 0.3) is 0 Å². The van der Waals surface area contributed by atoms with Gasteiger partial charge in [-0.3, -0.25) is 4.79 Å². The summed E-state index contributed by atoms with van der Waals surface area (Å²) in [6, 6.07) is 24.0. The van der Waals surface area contributed by atoms with Gasteiger partial charge in [0.1, 0.15) is 19.0 Å². The quantitative estimate of drug-likeness (QED) is 0.147. The van der Waals surface area contributed by atoms with E-state index in [1.54, 1.807) is 55.5 Å². The predicted octanol–water partition coefficient (Wildman–Crippen LogP) is 6.56. The lowest BCUT2D eigenvalue weighted by molar-refractivity contribution is -0.143. The number of rotatable bonds is 14. The van der Waals surface area contributed by atoms with Crippen LogP contribution in [-0.2, 0) is 9.53 Å². The zero-order valence-electron chi connectivity index (χ0n) is 21.2. The minimum Gasteiger partial charge on any atom is -0.490 e. The molecule has 0 saturated heterocycles. The van der Waals surface area contributed by atoms with Crippen LogP contribution in [0, 0.1) is 11.3 Å². The number of carbonyl (C=O) groups is 1. The normalized spacial score (nSPS) is 11.0. The number of nitrogens with zero attached hydrogens (tertiary/aromatic N) is 6. The first-order valence-electron chi connectivity index (χ1n) is 12.3. The maximum Gasteiger partial charge on any atom is 0.305 e. The molecule has 3 aromatic rings. The van der Waals surface area contributed by atoms with E-state index in [-0.39, 0.29) is 25.8 Å². The summed E-state index contributed by atoms with van der Waals surface area (Å²) in [6.07, 6.45) is 0.734. The molecule has 0 aliphatic carbocycles. The highest BCUT2D eigenvalue weighted by atomic mass is 16.6. The topological polar surface area (TPSA) is 132 Å². The van der Waals surface area contributed by atoms with Crippen LogP contribution in [0.1, 0.15) is 19.8 Å². The number of benzene rings is 3. The molecule has 0 radical (unpaired) electrons. The Morgan fingerprint density at radius 3 is 1.79 bits per heavy atom. The van der Waals surface area contributed by atoms with E-state index in [1.165, 1.54) is 0 Å². The average molecular weight is 515 g/mol. The minimum atomic E-state index is -0.248. The van der Waals surface area contributed by atoms with E-state index in [4.69, 9.17) is 14.7 Å². The molecule has 0 aliphatic heterocycles. The molecule has 0 atom stereocenters. The monoisotopic (exact) mass is 514 g/mol. The molecule has 3 aromatic carbocycles. The number of ether oxygens (including phenoxy) is 2. The number of aliphatic hydroxyl groups excluding tert-OH is 1. The van der Waals surface area contributed by atoms with E-state index >= 15 is 0 Å². The molecular formula is C28H30N6O4. The Morgan fingerprint density at radius 2 is 1.32 bits per heavy atom. The van der Waals surface area contributed by atoms with Crippen molar-refractivity contribution in [1.29, 1.82) is 5.26 Å². The van der Waals surface area contributed by atoms with E-state index in [1.807, 2.05) is 29.2 Å². The highest BCUT2D eigenvalue weighted by Gasteiger charge is 2.05. The number of azo groups is 2. The molecule has 0 spiro atoms. The Morgan fingerprint density at radius 1 is 0.816 bits per heavy atom. The number of hydrogen-bond donors (Lipinski definition) is 1. The first-order valence-corrected chi connectivity index (χ1v) is 12.3. The number of anilines is 1. The summed E-state index contributed by atoms with van der Waals surface area (Å²) in [6.45, 7) is 3.28. The molecule has 0 bridgehead atoms. The lowest BCUT2D eigenvalue weighted by Crippen LogP contribution is -2.27. The van der Waals surface area contributed by atoms with Gasteiger partial charge in [-0.25, -0.2) is 0 Å². The molecule has 0 unspecified atom stereocenters. The van der Waals surface area contributed by atoms with E-state index < -0.39 is 0 Å². The van der Waals surface area contributed by atoms with Gasteiger partial charge < -0.3 is 19.5 Å². The van der Waals surface area contributed by atoms with Gasteiger partial charge in [-0.2, -0.15) is 25.7 Å². The van der Waals surface area contributed by atoms with Crippen LogP contribution in [-0.4, -0.2) is 44.0 Å². The second kappa shape index (κ2) is 15.5. The summed E-state index contributed by atoms with van der Waals surface area (Å²) in [5.74, 6) is 0.407. The van der Waals surface area contributed by atoms with Gasteiger partial charge in [-0.15, -0.1) is 0 Å². The summed E-state index contributed by atoms with van der Waals surface area (Å²) in [5.41, 5.74) is 3.63. The third kappa shape index (κ3) is 9.44. The fourth-order valence-electron chi connectivity index (χ4n) is 3.25. The number of hydrogen-bond acceptors (Lipinski definition) is 10. The number of carbonyl (C=O) groups excluding carboxylic acids is 1. The van der Waals surface area contributed by atoms with Gasteiger partial charge in [0.2, 0.25) is 0 Å². The second-order valence-corrected chi connectivity index (χ2v) is 7.97. The Labute approximate surface area is 221 Å². The van der Waals surface area contributed by atoms with Crippen LogP contribution in [0.15, 0.2) is 93.3 Å². The van der Waals surface area contributed by atoms with Crippen LogP contribution >= 0.6 is 0 Å². The molecule has 0 saturated carbocycles. The molecule has 38 heavy (non-hydrogen) atoms. The molecule has 1 N–H and O–H groups in total. The van der Waals surface area contributed by atoms with Gasteiger partial charge in [-0.1, -0.05) is 6.92 Å². The van der Waals surface area contributed by atoms with Crippen molar-refractivity contribution in [1.82, 2.24) is 0 Å². The summed E-state index contributed by atoms with van der Waals surface area (Å²) in [7, 11) is 0. The maximum absolute atomic E-state index is 11.1. The minimum absolute atomic E-state index is 0.0178. The van der Waals surface area contributed by atoms with Gasteiger partial charge in [0.05, 0.1) is 41.8 Å². The fourth-order valence-corrected chi connectivity index (χ4v) is 3.25. The SMILES string of the molecule is CCC(=O)OCCOc1ccc(N=Nc2ccc(N=Nc3ccc(N(CCO)CCC#N)cc3)cc2)cc1. The standard InChI is InChI=1S/C28H30N6O4/c1-2-28(36)38-21-20-37-27-14-10-25(11-15-27)33-31-23-6-4-22(5-7-23)30-32-24-8-12-26(13-9-24)34(18-19-35)17-3-16-29/h4-15,35H,2-3,17-21H2,1H3. The molecule has 0 fully saturated rings. The Hall–Kier alpha value is -4.62. The van der Waals surface area contributed by atoms with Crippen molar-refractivity contribution in [3.05, 3.63) is 72.8 Å². The lowest BCUT2D eigenvalue weighted by Gasteiger charge is -2.22. The van der Waals surface area contributed by atoms with Gasteiger partial charge in [-0.05, 0) is 72.8 Å². The van der Waals surface area contributed by atoms with Crippen LogP contribution in [0.4, 0.5) is 28.4 Å². The first kappa shape index (κ1) is 28.0. The predicted molar refractivity (Wildman–Crippen MR) is 144 cm³/mol. The highest BCUT2D eigenvalue weighted by molar-refractivity contribution is 5.68. The van der Waals surface area contributed by atoms with Crippen molar-refractivity contribution < 1.29 is 19.4 Å². The third-order valence-electron chi connectivity index (χ3n) is 5.23. The molecule has 0 aliphatic rings. The van der Waals surface area contributed by atoms with Crippen LogP contribution in [0.5, 0.6) is 5.75 Å². The molecule has 0 heterocycles. The smallest absolute Gasteiger partial charge is 0.305 e. The van der Waals surface area contributed by atoms with Crippen LogP contribution in [0.2, 0.25) is 0 Å². The summed E-state index contributed by atoms with van der Waals surface area (Å²) >= 11 is 0. The van der Waals surface area contributed by atoms with Crippen LogP contribution in [0.3, 0.4) is 0 Å². The van der Waals surface area contributed by atoms with Gasteiger partial charge in [0, 0.05) is 25.2 Å². The molecule has 196 valence electrons. The van der Waals surface area contributed by atoms with Gasteiger partial charge >= 0.3 is 5.97 Å². The van der Waals surface area contributed by atoms with Crippen molar-refractivity contribution in [2.75, 3.05) is 37.8 Å². The zero-order valence-corrected chi connectivity index (χ0v) is 21.2. The highest BCUT2D eigenvalue weighted by Crippen LogP contribution is 2.25. The second-order valence-electron chi connectivity index (χ2n) is 7.97. The number of nitriles is 1. The Bertz CT molecular complexity index is 1240. The molecule has 3 rings (SSSR count). The number of aliphatic hydroxyl groups is 1. The van der Waals surface area contributed by atoms with Crippen molar-refractivity contribution >= 4 is 34.4 Å². The van der Waals surface area contributed by atoms with Crippen molar-refractivity contribution in [3.63, 3.8) is 0 Å². The van der Waals surface area contributed by atoms with E-state index in [9.17, 15) is 9.90 Å². The average Bonchev–Trinajstić information content (AvgIpc) is 2.96. The lowest BCUT2D eigenvalue weighted by atomic mass is 10.2. The molecular weight excluding hydrogens is 484 g/mol. The van der Waals surface area contributed by atoms with E-state index in [0.717, 1.165) is 5.69 Å². The summed E-state index contributed by atoms with van der Waals surface area (Å²) < 4.78 is 10.5. The molecule has 0 aromatic heterocycles. The Kier molecular flexibility index (Phi) is 11.4. The van der Waals surface area contributed by atoms with E-state index in [0.29, 0.717) is 54.4 Å². The van der Waals surface area contributed by atoms with E-state index in [2.05, 4.69) is 26.5 Å². The van der Waals surface area contributed by atoms with Crippen molar-refractivity contribution in [2.45, 2.75) is 19.8 Å². The summed E-state index contributed by atoms with van der Waals surface area (Å²) in [4.78, 5) is 13.1. The summed E-state index contributed by atoms with van der Waals surface area (Å²) in [5, 5.41) is 35.1. The van der Waals surface area contributed by atoms with Crippen molar-refractivity contribution in [3.8, 4) is 11.8 Å². The van der Waals surface area contributed by atoms with Crippen LogP contribution < -0.4 is 9.64 Å². The first-order chi connectivity index (χ1) is 18.6. The molecule has 0 amide bonds. The van der Waals surface area contributed by atoms with Gasteiger partial charge in [0.15, 0.2) is 0 Å². The maximum atomic E-state index is 11.1. The van der Waals surface area contributed by atoms with Crippen molar-refractivity contribution in [2.24, 2.45) is 20.5 Å². The zero-order chi connectivity index (χ0) is 27.0.